The Kier molecular flexibility index (Phi) is 5.02. The molecule has 28 heavy (non-hydrogen) atoms. The molecule has 2 aromatic carbocycles. The number of hydrogen-bond donors (Lipinski definition) is 0. The molecule has 0 saturated carbocycles. The molecule has 2 aliphatic rings. The minimum atomic E-state index is -1.24. The Labute approximate surface area is 164 Å². The summed E-state index contributed by atoms with van der Waals surface area (Å²) in [5, 5.41) is 0. The second kappa shape index (κ2) is 7.47. The molecule has 0 spiro atoms. The largest absolute Gasteiger partial charge is 0.468 e. The minimum absolute atomic E-state index is 0.0551. The molecule has 4 nitrogen and oxygen atoms in total. The molecular formula is C23H24FNO3. The van der Waals surface area contributed by atoms with Gasteiger partial charge in [-0.2, -0.15) is 0 Å². The number of carbonyl (C=O) groups excluding carboxylic acids is 2. The van der Waals surface area contributed by atoms with Gasteiger partial charge in [0.1, 0.15) is 11.2 Å². The Bertz CT molecular complexity index is 867. The second-order valence-electron chi connectivity index (χ2n) is 7.80. The smallest absolute Gasteiger partial charge is 0.321 e. The number of piperidine rings is 1. The predicted octanol–water partition coefficient (Wildman–Crippen LogP) is 3.53. The number of halogens is 1. The van der Waals surface area contributed by atoms with Crippen molar-refractivity contribution >= 4 is 11.8 Å². The summed E-state index contributed by atoms with van der Waals surface area (Å²) in [4.78, 5) is 28.6. The molecule has 0 radical (unpaired) electrons. The number of Topliss-reactive ketones (excluding diaryl/α,β-unsaturated/α-hetero) is 1. The lowest BCUT2D eigenvalue weighted by molar-refractivity contribution is -0.167. The summed E-state index contributed by atoms with van der Waals surface area (Å²) in [5.41, 5.74) is 0.688. The Hall–Kier alpha value is -2.53. The van der Waals surface area contributed by atoms with Crippen LogP contribution in [0.1, 0.15) is 30.4 Å². The van der Waals surface area contributed by atoms with Crippen LogP contribution in [0.25, 0.3) is 0 Å². The number of ether oxygens (including phenoxy) is 1. The van der Waals surface area contributed by atoms with Crippen LogP contribution >= 0.6 is 0 Å². The molecular weight excluding hydrogens is 357 g/mol. The number of methoxy groups -OCH3 is 1. The van der Waals surface area contributed by atoms with Crippen LogP contribution in [0.5, 0.6) is 0 Å². The monoisotopic (exact) mass is 381 g/mol. The van der Waals surface area contributed by atoms with E-state index in [1.54, 1.807) is 12.1 Å². The first-order valence-corrected chi connectivity index (χ1v) is 9.70. The number of fused-ring (bicyclic) bond motifs is 2. The van der Waals surface area contributed by atoms with Gasteiger partial charge in [0.25, 0.3) is 0 Å². The zero-order chi connectivity index (χ0) is 19.7. The van der Waals surface area contributed by atoms with Gasteiger partial charge in [-0.05, 0) is 42.5 Å². The maximum Gasteiger partial charge on any atom is 0.321 e. The van der Waals surface area contributed by atoms with E-state index in [4.69, 9.17) is 4.74 Å². The van der Waals surface area contributed by atoms with Crippen molar-refractivity contribution in [3.63, 3.8) is 0 Å². The molecule has 3 atom stereocenters. The summed E-state index contributed by atoms with van der Waals surface area (Å²) >= 11 is 0. The Morgan fingerprint density at radius 3 is 2.50 bits per heavy atom. The topological polar surface area (TPSA) is 46.6 Å². The van der Waals surface area contributed by atoms with E-state index in [9.17, 15) is 14.0 Å². The second-order valence-corrected chi connectivity index (χ2v) is 7.80. The van der Waals surface area contributed by atoms with E-state index in [0.717, 1.165) is 24.0 Å². The average molecular weight is 381 g/mol. The molecule has 0 aliphatic carbocycles. The van der Waals surface area contributed by atoms with Crippen molar-refractivity contribution in [2.75, 3.05) is 7.11 Å². The highest BCUT2D eigenvalue weighted by atomic mass is 19.1. The molecule has 5 heteroatoms. The maximum atomic E-state index is 13.3. The molecule has 0 amide bonds. The standard InChI is InChI=1S/C23H24FNO3/c1-28-22(27)23(14-16-7-9-18(24)10-8-16)20-12-11-19(13-21(23)26)25(20)15-17-5-3-2-4-6-17/h2-10,19-20H,11-15H2,1H3/t19-,20+,23+/m1/s1. The number of benzene rings is 2. The third-order valence-corrected chi connectivity index (χ3v) is 6.28. The maximum absolute atomic E-state index is 13.3. The average Bonchev–Trinajstić information content (AvgIpc) is 3.03. The van der Waals surface area contributed by atoms with Gasteiger partial charge in [0.2, 0.25) is 0 Å². The number of rotatable bonds is 5. The summed E-state index contributed by atoms with van der Waals surface area (Å²) in [7, 11) is 1.34. The highest BCUT2D eigenvalue weighted by Gasteiger charge is 2.61. The first-order chi connectivity index (χ1) is 13.5. The molecule has 146 valence electrons. The normalized spacial score (nSPS) is 27.0. The Balaban J connectivity index is 1.71. The van der Waals surface area contributed by atoms with E-state index in [-0.39, 0.29) is 30.1 Å². The molecule has 0 N–H and O–H groups in total. The summed E-state index contributed by atoms with van der Waals surface area (Å²) in [5.74, 6) is -0.872. The minimum Gasteiger partial charge on any atom is -0.468 e. The van der Waals surface area contributed by atoms with Crippen molar-refractivity contribution in [2.24, 2.45) is 5.41 Å². The number of carbonyl (C=O) groups is 2. The lowest BCUT2D eigenvalue weighted by atomic mass is 9.68. The fourth-order valence-electron chi connectivity index (χ4n) is 4.95. The number of ketones is 1. The summed E-state index contributed by atoms with van der Waals surface area (Å²) in [6.45, 7) is 0.700. The van der Waals surface area contributed by atoms with Crippen molar-refractivity contribution in [1.82, 2.24) is 4.90 Å². The summed E-state index contributed by atoms with van der Waals surface area (Å²) in [6, 6.07) is 16.1. The van der Waals surface area contributed by atoms with Crippen molar-refractivity contribution in [2.45, 2.75) is 44.3 Å². The third kappa shape index (κ3) is 3.14. The molecule has 2 aliphatic heterocycles. The fourth-order valence-corrected chi connectivity index (χ4v) is 4.95. The first-order valence-electron chi connectivity index (χ1n) is 9.70. The quantitative estimate of drug-likeness (QED) is 0.587. The molecule has 2 fully saturated rings. The van der Waals surface area contributed by atoms with Gasteiger partial charge in [-0.1, -0.05) is 42.5 Å². The molecule has 2 heterocycles. The SMILES string of the molecule is COC(=O)[C@]1(Cc2ccc(F)cc2)C(=O)C[C@H]2CC[C@@H]1N2Cc1ccccc1. The van der Waals surface area contributed by atoms with Crippen molar-refractivity contribution in [3.05, 3.63) is 71.5 Å². The van der Waals surface area contributed by atoms with Gasteiger partial charge in [-0.15, -0.1) is 0 Å². The van der Waals surface area contributed by atoms with Crippen LogP contribution in [0.15, 0.2) is 54.6 Å². The van der Waals surface area contributed by atoms with Crippen LogP contribution < -0.4 is 0 Å². The van der Waals surface area contributed by atoms with Crippen LogP contribution in [-0.4, -0.2) is 35.8 Å². The zero-order valence-corrected chi connectivity index (χ0v) is 15.9. The number of hydrogen-bond acceptors (Lipinski definition) is 4. The lowest BCUT2D eigenvalue weighted by Crippen LogP contribution is -2.61. The molecule has 2 saturated heterocycles. The molecule has 0 aromatic heterocycles. The Morgan fingerprint density at radius 1 is 1.11 bits per heavy atom. The van der Waals surface area contributed by atoms with E-state index in [0.29, 0.717) is 13.0 Å². The first kappa shape index (κ1) is 18.8. The van der Waals surface area contributed by atoms with Gasteiger partial charge in [0.05, 0.1) is 7.11 Å². The summed E-state index contributed by atoms with van der Waals surface area (Å²) < 4.78 is 18.5. The molecule has 2 bridgehead atoms. The molecule has 4 rings (SSSR count). The van der Waals surface area contributed by atoms with E-state index in [2.05, 4.69) is 17.0 Å². The number of nitrogens with zero attached hydrogens (tertiary/aromatic N) is 1. The van der Waals surface area contributed by atoms with Gasteiger partial charge in [0.15, 0.2) is 5.78 Å². The van der Waals surface area contributed by atoms with Crippen molar-refractivity contribution < 1.29 is 18.7 Å². The van der Waals surface area contributed by atoms with Crippen LogP contribution in [0.3, 0.4) is 0 Å². The predicted molar refractivity (Wildman–Crippen MR) is 103 cm³/mol. The highest BCUT2D eigenvalue weighted by Crippen LogP contribution is 2.48. The van der Waals surface area contributed by atoms with Gasteiger partial charge in [-0.3, -0.25) is 14.5 Å². The van der Waals surface area contributed by atoms with Crippen molar-refractivity contribution in [3.8, 4) is 0 Å². The van der Waals surface area contributed by atoms with Crippen molar-refractivity contribution in [1.29, 1.82) is 0 Å². The van der Waals surface area contributed by atoms with Crippen LogP contribution in [0.2, 0.25) is 0 Å². The molecule has 2 aromatic rings. The highest BCUT2D eigenvalue weighted by molar-refractivity contribution is 6.06. The summed E-state index contributed by atoms with van der Waals surface area (Å²) in [6.07, 6.45) is 2.26. The van der Waals surface area contributed by atoms with Gasteiger partial charge in [0, 0.05) is 25.0 Å². The lowest BCUT2D eigenvalue weighted by Gasteiger charge is -2.45. The number of esters is 1. The van der Waals surface area contributed by atoms with Crippen LogP contribution in [0.4, 0.5) is 4.39 Å². The van der Waals surface area contributed by atoms with Gasteiger partial charge < -0.3 is 4.74 Å². The van der Waals surface area contributed by atoms with Gasteiger partial charge in [-0.25, -0.2) is 4.39 Å². The Morgan fingerprint density at radius 2 is 1.82 bits per heavy atom. The van der Waals surface area contributed by atoms with Gasteiger partial charge >= 0.3 is 5.97 Å². The van der Waals surface area contributed by atoms with E-state index in [1.165, 1.54) is 19.2 Å². The zero-order valence-electron chi connectivity index (χ0n) is 15.9. The van der Waals surface area contributed by atoms with E-state index in [1.807, 2.05) is 18.2 Å². The molecule has 0 unspecified atom stereocenters. The third-order valence-electron chi connectivity index (χ3n) is 6.28. The fraction of sp³-hybridized carbons (Fsp3) is 0.391. The van der Waals surface area contributed by atoms with Crippen LogP contribution in [-0.2, 0) is 27.3 Å². The van der Waals surface area contributed by atoms with E-state index < -0.39 is 11.4 Å². The van der Waals surface area contributed by atoms with Crippen LogP contribution in [0, 0.1) is 11.2 Å². The van der Waals surface area contributed by atoms with E-state index >= 15 is 0 Å².